The van der Waals surface area contributed by atoms with E-state index in [1.807, 2.05) is 12.3 Å². The second-order valence-corrected chi connectivity index (χ2v) is 9.23. The van der Waals surface area contributed by atoms with Crippen LogP contribution in [0.25, 0.3) is 16.8 Å². The van der Waals surface area contributed by atoms with E-state index < -0.39 is 0 Å². The van der Waals surface area contributed by atoms with Crippen molar-refractivity contribution >= 4 is 5.52 Å². The third-order valence-electron chi connectivity index (χ3n) is 7.18. The highest BCUT2D eigenvalue weighted by Gasteiger charge is 2.25. The van der Waals surface area contributed by atoms with E-state index in [1.165, 1.54) is 32.1 Å². The van der Waals surface area contributed by atoms with Crippen LogP contribution in [-0.4, -0.2) is 43.8 Å². The molecule has 3 aromatic heterocycles. The SMILES string of the molecule is Cc1c(-c2cc(O[C@H](C)C3CCCCC3)c3c(C#N)cnn3c2)nnn1C1CCNCC1. The minimum Gasteiger partial charge on any atom is -0.488 e. The van der Waals surface area contributed by atoms with Gasteiger partial charge in [-0.2, -0.15) is 10.4 Å². The summed E-state index contributed by atoms with van der Waals surface area (Å²) in [5, 5.41) is 26.5. The lowest BCUT2D eigenvalue weighted by molar-refractivity contribution is 0.124. The molecule has 0 radical (unpaired) electrons. The molecule has 0 aromatic carbocycles. The van der Waals surface area contributed by atoms with Crippen LogP contribution in [0.4, 0.5) is 0 Å². The number of nitrogens with one attached hydrogen (secondary N) is 1. The Labute approximate surface area is 188 Å². The molecule has 2 aliphatic rings. The molecule has 1 atom stereocenters. The Kier molecular flexibility index (Phi) is 5.83. The minimum atomic E-state index is 0.0855. The van der Waals surface area contributed by atoms with Gasteiger partial charge < -0.3 is 10.1 Å². The van der Waals surface area contributed by atoms with Crippen LogP contribution in [0.3, 0.4) is 0 Å². The Bertz CT molecular complexity index is 1130. The number of hydrogen-bond acceptors (Lipinski definition) is 6. The predicted molar refractivity (Wildman–Crippen MR) is 121 cm³/mol. The first kappa shape index (κ1) is 21.0. The molecule has 0 amide bonds. The zero-order chi connectivity index (χ0) is 22.1. The molecule has 1 aliphatic carbocycles. The molecular formula is C24H31N7O. The highest BCUT2D eigenvalue weighted by molar-refractivity contribution is 5.74. The van der Waals surface area contributed by atoms with Gasteiger partial charge in [-0.05, 0) is 64.6 Å². The molecule has 5 rings (SSSR count). The van der Waals surface area contributed by atoms with Gasteiger partial charge in [-0.15, -0.1) is 5.10 Å². The fourth-order valence-electron chi connectivity index (χ4n) is 5.29. The molecule has 0 spiro atoms. The number of piperidine rings is 1. The summed E-state index contributed by atoms with van der Waals surface area (Å²) >= 11 is 0. The molecule has 0 unspecified atom stereocenters. The summed E-state index contributed by atoms with van der Waals surface area (Å²) in [6.45, 7) is 6.25. The van der Waals surface area contributed by atoms with E-state index in [1.54, 1.807) is 10.7 Å². The van der Waals surface area contributed by atoms with Crippen molar-refractivity contribution < 1.29 is 4.74 Å². The number of fused-ring (bicyclic) bond motifs is 1. The van der Waals surface area contributed by atoms with E-state index in [2.05, 4.69) is 45.3 Å². The first-order chi connectivity index (χ1) is 15.7. The first-order valence-electron chi connectivity index (χ1n) is 11.9. The lowest BCUT2D eigenvalue weighted by Crippen LogP contribution is -2.30. The zero-order valence-electron chi connectivity index (χ0n) is 18.9. The second kappa shape index (κ2) is 8.91. The largest absolute Gasteiger partial charge is 0.488 e. The molecule has 168 valence electrons. The van der Waals surface area contributed by atoms with Crippen LogP contribution >= 0.6 is 0 Å². The van der Waals surface area contributed by atoms with E-state index in [-0.39, 0.29) is 6.10 Å². The second-order valence-electron chi connectivity index (χ2n) is 9.23. The van der Waals surface area contributed by atoms with Gasteiger partial charge in [-0.3, -0.25) is 0 Å². The van der Waals surface area contributed by atoms with Gasteiger partial charge in [0.05, 0.1) is 24.0 Å². The van der Waals surface area contributed by atoms with Gasteiger partial charge in [0.2, 0.25) is 0 Å². The van der Waals surface area contributed by atoms with E-state index in [0.29, 0.717) is 23.3 Å². The first-order valence-corrected chi connectivity index (χ1v) is 11.9. The molecular weight excluding hydrogens is 402 g/mol. The van der Waals surface area contributed by atoms with Crippen molar-refractivity contribution in [2.45, 2.75) is 70.9 Å². The maximum atomic E-state index is 9.62. The van der Waals surface area contributed by atoms with Gasteiger partial charge in [0.25, 0.3) is 0 Å². The lowest BCUT2D eigenvalue weighted by atomic mass is 9.86. The van der Waals surface area contributed by atoms with E-state index in [4.69, 9.17) is 4.74 Å². The van der Waals surface area contributed by atoms with Crippen LogP contribution in [0.5, 0.6) is 5.75 Å². The summed E-state index contributed by atoms with van der Waals surface area (Å²) < 4.78 is 10.3. The maximum Gasteiger partial charge on any atom is 0.147 e. The third kappa shape index (κ3) is 3.86. The molecule has 8 nitrogen and oxygen atoms in total. The number of ether oxygens (including phenoxy) is 1. The molecule has 2 fully saturated rings. The molecule has 32 heavy (non-hydrogen) atoms. The Morgan fingerprint density at radius 3 is 2.72 bits per heavy atom. The van der Waals surface area contributed by atoms with Crippen molar-refractivity contribution in [2.75, 3.05) is 13.1 Å². The number of pyridine rings is 1. The molecule has 8 heteroatoms. The molecule has 4 heterocycles. The van der Waals surface area contributed by atoms with Crippen molar-refractivity contribution in [3.8, 4) is 23.1 Å². The van der Waals surface area contributed by atoms with Crippen LogP contribution in [0, 0.1) is 24.2 Å². The molecule has 3 aromatic rings. The van der Waals surface area contributed by atoms with Crippen molar-refractivity contribution in [1.82, 2.24) is 29.9 Å². The monoisotopic (exact) mass is 433 g/mol. The molecule has 1 aliphatic heterocycles. The van der Waals surface area contributed by atoms with Gasteiger partial charge in [0.15, 0.2) is 0 Å². The van der Waals surface area contributed by atoms with Gasteiger partial charge in [-0.25, -0.2) is 9.20 Å². The standard InChI is InChI=1S/C24H31N7O/c1-16-23(28-29-31(16)21-8-10-26-11-9-21)19-12-22(24-20(13-25)14-27-30(24)15-19)32-17(2)18-6-4-3-5-7-18/h12,14-15,17-18,21,26H,3-11H2,1-2H3/t17-/m1/s1. The normalized spacial score (nSPS) is 19.2. The van der Waals surface area contributed by atoms with Crippen LogP contribution in [0.1, 0.15) is 69.2 Å². The summed E-state index contributed by atoms with van der Waals surface area (Å²) in [4.78, 5) is 0. The summed E-state index contributed by atoms with van der Waals surface area (Å²) in [6.07, 6.45) is 12.0. The van der Waals surface area contributed by atoms with Crippen molar-refractivity contribution in [3.63, 3.8) is 0 Å². The topological polar surface area (TPSA) is 93.1 Å². The Morgan fingerprint density at radius 2 is 1.97 bits per heavy atom. The van der Waals surface area contributed by atoms with Gasteiger partial charge >= 0.3 is 0 Å². The number of nitrogens with zero attached hydrogens (tertiary/aromatic N) is 6. The van der Waals surface area contributed by atoms with Crippen LogP contribution in [0.2, 0.25) is 0 Å². The maximum absolute atomic E-state index is 9.62. The fraction of sp³-hybridized carbons (Fsp3) is 0.583. The Balaban J connectivity index is 1.52. The van der Waals surface area contributed by atoms with Gasteiger partial charge in [0, 0.05) is 11.8 Å². The quantitative estimate of drug-likeness (QED) is 0.653. The van der Waals surface area contributed by atoms with Crippen molar-refractivity contribution in [3.05, 3.63) is 29.7 Å². The number of nitriles is 1. The predicted octanol–water partition coefficient (Wildman–Crippen LogP) is 4.05. The van der Waals surface area contributed by atoms with Crippen molar-refractivity contribution in [1.29, 1.82) is 5.26 Å². The molecule has 1 saturated carbocycles. The van der Waals surface area contributed by atoms with Gasteiger partial charge in [0.1, 0.15) is 28.6 Å². The summed E-state index contributed by atoms with van der Waals surface area (Å²) in [5.41, 5.74) is 4.05. The number of hydrogen-bond donors (Lipinski definition) is 1. The Hall–Kier alpha value is -2.92. The highest BCUT2D eigenvalue weighted by atomic mass is 16.5. The van der Waals surface area contributed by atoms with Crippen LogP contribution in [0.15, 0.2) is 18.5 Å². The zero-order valence-corrected chi connectivity index (χ0v) is 18.9. The number of rotatable bonds is 5. The van der Waals surface area contributed by atoms with E-state index >= 15 is 0 Å². The molecule has 1 saturated heterocycles. The fourth-order valence-corrected chi connectivity index (χ4v) is 5.29. The van der Waals surface area contributed by atoms with Crippen LogP contribution in [-0.2, 0) is 0 Å². The summed E-state index contributed by atoms with van der Waals surface area (Å²) in [7, 11) is 0. The lowest BCUT2D eigenvalue weighted by Gasteiger charge is -2.28. The average molecular weight is 434 g/mol. The van der Waals surface area contributed by atoms with Gasteiger partial charge in [-0.1, -0.05) is 24.5 Å². The van der Waals surface area contributed by atoms with E-state index in [0.717, 1.165) is 48.4 Å². The van der Waals surface area contributed by atoms with Crippen LogP contribution < -0.4 is 10.1 Å². The highest BCUT2D eigenvalue weighted by Crippen LogP contribution is 2.35. The summed E-state index contributed by atoms with van der Waals surface area (Å²) in [6, 6.07) is 4.65. The minimum absolute atomic E-state index is 0.0855. The van der Waals surface area contributed by atoms with Crippen molar-refractivity contribution in [2.24, 2.45) is 5.92 Å². The Morgan fingerprint density at radius 1 is 1.19 bits per heavy atom. The van der Waals surface area contributed by atoms with E-state index in [9.17, 15) is 5.26 Å². The third-order valence-corrected chi connectivity index (χ3v) is 7.18. The molecule has 0 bridgehead atoms. The number of aromatic nitrogens is 5. The average Bonchev–Trinajstić information content (AvgIpc) is 3.43. The summed E-state index contributed by atoms with van der Waals surface area (Å²) in [5.74, 6) is 1.24. The molecule has 1 N–H and O–H groups in total. The smallest absolute Gasteiger partial charge is 0.147 e.